The first-order chi connectivity index (χ1) is 15.5. The van der Waals surface area contributed by atoms with Gasteiger partial charge in [0.2, 0.25) is 0 Å². The molecule has 0 saturated carbocycles. The Morgan fingerprint density at radius 2 is 0.938 bits per heavy atom. The van der Waals surface area contributed by atoms with E-state index in [1.54, 1.807) is 0 Å². The minimum atomic E-state index is 0.959. The van der Waals surface area contributed by atoms with Crippen molar-refractivity contribution in [2.24, 2.45) is 10.2 Å². The first-order valence-electron chi connectivity index (χ1n) is 12.8. The lowest BCUT2D eigenvalue weighted by Gasteiger charge is -2.33. The van der Waals surface area contributed by atoms with Gasteiger partial charge in [0, 0.05) is 11.1 Å². The smallest absolute Gasteiger partial charge is 0.104 e. The molecule has 0 aliphatic carbocycles. The molecule has 172 valence electrons. The number of likely N-dealkylation sites (tertiary alicyclic amines) is 2. The molecule has 2 aliphatic heterocycles. The third-order valence-corrected chi connectivity index (χ3v) is 7.52. The molecule has 4 rings (SSSR count). The summed E-state index contributed by atoms with van der Waals surface area (Å²) in [5.74, 6) is 0. The van der Waals surface area contributed by atoms with Gasteiger partial charge in [0.25, 0.3) is 0 Å². The summed E-state index contributed by atoms with van der Waals surface area (Å²) in [7, 11) is 4.83. The van der Waals surface area contributed by atoms with Crippen molar-refractivity contribution in [1.82, 2.24) is 0 Å². The van der Waals surface area contributed by atoms with Gasteiger partial charge in [-0.2, -0.15) is 10.2 Å². The summed E-state index contributed by atoms with van der Waals surface area (Å²) in [6.45, 7) is 7.34. The standard InChI is InChI=1S/C28H42N4/c1-31(17-7-3-4-8-18-31)23-25-13-11-15-27(21-25)29-30-28-16-12-14-26(22-28)24-32(2)19-9-5-6-10-20-32/h11-16,21-22H,3-10,17-20,23-24H2,1-2H3/q+2. The van der Waals surface area contributed by atoms with E-state index in [0.717, 1.165) is 33.4 Å². The quantitative estimate of drug-likeness (QED) is 0.341. The zero-order valence-corrected chi connectivity index (χ0v) is 20.3. The summed E-state index contributed by atoms with van der Waals surface area (Å²) in [6.07, 6.45) is 11.0. The maximum atomic E-state index is 4.60. The van der Waals surface area contributed by atoms with E-state index in [9.17, 15) is 0 Å². The van der Waals surface area contributed by atoms with Crippen LogP contribution in [0.15, 0.2) is 58.8 Å². The van der Waals surface area contributed by atoms with Gasteiger partial charge in [0.15, 0.2) is 0 Å². The van der Waals surface area contributed by atoms with E-state index >= 15 is 0 Å². The molecule has 0 atom stereocenters. The van der Waals surface area contributed by atoms with Crippen molar-refractivity contribution < 1.29 is 8.97 Å². The Hall–Kier alpha value is -2.04. The van der Waals surface area contributed by atoms with Crippen LogP contribution >= 0.6 is 0 Å². The second-order valence-corrected chi connectivity index (χ2v) is 10.8. The van der Waals surface area contributed by atoms with Crippen LogP contribution < -0.4 is 0 Å². The van der Waals surface area contributed by atoms with Crippen LogP contribution in [0.3, 0.4) is 0 Å². The summed E-state index contributed by atoms with van der Waals surface area (Å²) in [5, 5.41) is 9.21. The lowest BCUT2D eigenvalue weighted by molar-refractivity contribution is -0.921. The third-order valence-electron chi connectivity index (χ3n) is 7.52. The minimum Gasteiger partial charge on any atom is -0.322 e. The fourth-order valence-corrected chi connectivity index (χ4v) is 5.65. The Morgan fingerprint density at radius 3 is 1.31 bits per heavy atom. The van der Waals surface area contributed by atoms with Crippen LogP contribution in [0, 0.1) is 0 Å². The summed E-state index contributed by atoms with van der Waals surface area (Å²) >= 11 is 0. The molecule has 0 amide bonds. The van der Waals surface area contributed by atoms with E-state index in [0.29, 0.717) is 0 Å². The fraction of sp³-hybridized carbons (Fsp3) is 0.571. The van der Waals surface area contributed by atoms with Gasteiger partial charge in [0.05, 0.1) is 51.6 Å². The molecule has 2 aromatic carbocycles. The first-order valence-corrected chi connectivity index (χ1v) is 12.8. The average molecular weight is 435 g/mol. The van der Waals surface area contributed by atoms with Gasteiger partial charge in [-0.3, -0.25) is 0 Å². The molecule has 0 bridgehead atoms. The average Bonchev–Trinajstić information content (AvgIpc) is 3.12. The van der Waals surface area contributed by atoms with Gasteiger partial charge in [-0.25, -0.2) is 0 Å². The first kappa shape index (κ1) is 23.1. The predicted octanol–water partition coefficient (Wildman–Crippen LogP) is 7.14. The SMILES string of the molecule is C[N+]1(Cc2cccc(N=Nc3cccc(C[N+]4(C)CCCCCC4)c3)c2)CCCCCC1. The van der Waals surface area contributed by atoms with Crippen LogP contribution in [-0.2, 0) is 13.1 Å². The molecule has 0 aromatic heterocycles. The Balaban J connectivity index is 1.42. The lowest BCUT2D eigenvalue weighted by Crippen LogP contribution is -2.43. The molecule has 32 heavy (non-hydrogen) atoms. The predicted molar refractivity (Wildman–Crippen MR) is 133 cm³/mol. The number of hydrogen-bond acceptors (Lipinski definition) is 2. The molecule has 2 fully saturated rings. The van der Waals surface area contributed by atoms with Gasteiger partial charge in [-0.05, 0) is 75.6 Å². The monoisotopic (exact) mass is 434 g/mol. The van der Waals surface area contributed by atoms with E-state index in [2.05, 4.69) is 72.9 Å². The molecular weight excluding hydrogens is 392 g/mol. The van der Waals surface area contributed by atoms with Crippen molar-refractivity contribution in [2.75, 3.05) is 40.3 Å². The van der Waals surface area contributed by atoms with E-state index < -0.39 is 0 Å². The van der Waals surface area contributed by atoms with Crippen LogP contribution in [0.4, 0.5) is 11.4 Å². The molecule has 4 nitrogen and oxygen atoms in total. The molecule has 2 aromatic rings. The second kappa shape index (κ2) is 10.7. The normalized spacial score (nSPS) is 21.2. The van der Waals surface area contributed by atoms with Crippen LogP contribution in [0.1, 0.15) is 62.5 Å². The van der Waals surface area contributed by atoms with Crippen molar-refractivity contribution in [1.29, 1.82) is 0 Å². The van der Waals surface area contributed by atoms with E-state index in [1.807, 2.05) is 0 Å². The zero-order chi connectivity index (χ0) is 22.3. The van der Waals surface area contributed by atoms with Gasteiger partial charge in [-0.1, -0.05) is 24.3 Å². The van der Waals surface area contributed by atoms with Crippen molar-refractivity contribution >= 4 is 11.4 Å². The van der Waals surface area contributed by atoms with E-state index in [-0.39, 0.29) is 0 Å². The third kappa shape index (κ3) is 6.73. The highest BCUT2D eigenvalue weighted by Crippen LogP contribution is 2.26. The number of azo groups is 1. The van der Waals surface area contributed by atoms with Gasteiger partial charge < -0.3 is 8.97 Å². The van der Waals surface area contributed by atoms with Gasteiger partial charge in [0.1, 0.15) is 13.1 Å². The lowest BCUT2D eigenvalue weighted by atomic mass is 10.1. The number of quaternary nitrogens is 2. The summed E-state index contributed by atoms with van der Waals surface area (Å²) < 4.78 is 2.30. The summed E-state index contributed by atoms with van der Waals surface area (Å²) in [6, 6.07) is 17.4. The van der Waals surface area contributed by atoms with Crippen molar-refractivity contribution in [3.63, 3.8) is 0 Å². The van der Waals surface area contributed by atoms with E-state index in [1.165, 1.54) is 88.7 Å². The number of rotatable bonds is 6. The molecule has 4 heteroatoms. The Morgan fingerprint density at radius 1 is 0.562 bits per heavy atom. The Kier molecular flexibility index (Phi) is 7.75. The number of hydrogen-bond donors (Lipinski definition) is 0. The molecule has 2 aliphatic rings. The maximum Gasteiger partial charge on any atom is 0.104 e. The zero-order valence-electron chi connectivity index (χ0n) is 20.3. The van der Waals surface area contributed by atoms with Crippen LogP contribution in [0.25, 0.3) is 0 Å². The summed E-state index contributed by atoms with van der Waals surface area (Å²) in [4.78, 5) is 0. The molecular formula is C28H42N4+2. The Labute approximate surface area is 195 Å². The topological polar surface area (TPSA) is 24.7 Å². The minimum absolute atomic E-state index is 0.959. The van der Waals surface area contributed by atoms with Gasteiger partial charge >= 0.3 is 0 Å². The largest absolute Gasteiger partial charge is 0.322 e. The highest BCUT2D eigenvalue weighted by atomic mass is 15.3. The molecule has 0 N–H and O–H groups in total. The second-order valence-electron chi connectivity index (χ2n) is 10.8. The van der Waals surface area contributed by atoms with Crippen LogP contribution in [0.5, 0.6) is 0 Å². The van der Waals surface area contributed by atoms with Crippen molar-refractivity contribution in [2.45, 2.75) is 64.5 Å². The van der Waals surface area contributed by atoms with Crippen LogP contribution in [-0.4, -0.2) is 49.2 Å². The number of benzene rings is 2. The number of nitrogens with zero attached hydrogens (tertiary/aromatic N) is 4. The Bertz CT molecular complexity index is 814. The molecule has 2 saturated heterocycles. The highest BCUT2D eigenvalue weighted by molar-refractivity contribution is 5.43. The van der Waals surface area contributed by atoms with Crippen LogP contribution in [0.2, 0.25) is 0 Å². The highest BCUT2D eigenvalue weighted by Gasteiger charge is 2.24. The fourth-order valence-electron chi connectivity index (χ4n) is 5.65. The molecule has 0 unspecified atom stereocenters. The van der Waals surface area contributed by atoms with Gasteiger partial charge in [-0.15, -0.1) is 0 Å². The maximum absolute atomic E-state index is 4.60. The van der Waals surface area contributed by atoms with Crippen molar-refractivity contribution in [3.05, 3.63) is 59.7 Å². The molecule has 0 radical (unpaired) electrons. The summed E-state index contributed by atoms with van der Waals surface area (Å²) in [5.41, 5.74) is 4.66. The molecule has 0 spiro atoms. The van der Waals surface area contributed by atoms with E-state index in [4.69, 9.17) is 0 Å². The van der Waals surface area contributed by atoms with Crippen molar-refractivity contribution in [3.8, 4) is 0 Å². The molecule has 2 heterocycles.